The molecule has 0 heterocycles. The summed E-state index contributed by atoms with van der Waals surface area (Å²) < 4.78 is 0. The molecule has 0 unspecified atom stereocenters. The number of rotatable bonds is 0. The van der Waals surface area contributed by atoms with Crippen molar-refractivity contribution in [3.63, 3.8) is 0 Å². The van der Waals surface area contributed by atoms with E-state index in [4.69, 9.17) is 0 Å². The smallest absolute Gasteiger partial charge is 0.124 e. The van der Waals surface area contributed by atoms with Crippen molar-refractivity contribution in [3.05, 3.63) is 5.57 Å². The highest BCUT2D eigenvalue weighted by molar-refractivity contribution is 5.59. The van der Waals surface area contributed by atoms with Crippen molar-refractivity contribution >= 4 is 5.94 Å². The van der Waals surface area contributed by atoms with E-state index in [1.165, 1.54) is 32.1 Å². The van der Waals surface area contributed by atoms with Gasteiger partial charge >= 0.3 is 0 Å². The van der Waals surface area contributed by atoms with Gasteiger partial charge in [-0.15, -0.1) is 0 Å². The fraction of sp³-hybridized carbons (Fsp3) is 0.895. The van der Waals surface area contributed by atoms with E-state index in [0.717, 1.165) is 48.5 Å². The lowest BCUT2D eigenvalue weighted by molar-refractivity contribution is -0.137. The van der Waals surface area contributed by atoms with Crippen molar-refractivity contribution in [1.82, 2.24) is 0 Å². The van der Waals surface area contributed by atoms with Gasteiger partial charge in [-0.3, -0.25) is 0 Å². The van der Waals surface area contributed by atoms with E-state index in [0.29, 0.717) is 5.41 Å². The third-order valence-corrected chi connectivity index (χ3v) is 8.26. The van der Waals surface area contributed by atoms with Gasteiger partial charge in [-0.1, -0.05) is 13.8 Å². The molecule has 4 fully saturated rings. The van der Waals surface area contributed by atoms with Gasteiger partial charge in [0, 0.05) is 11.0 Å². The van der Waals surface area contributed by atoms with Crippen LogP contribution in [0.1, 0.15) is 65.2 Å². The highest BCUT2D eigenvalue weighted by Gasteiger charge is 2.61. The minimum atomic E-state index is -0.0539. The molecular weight excluding hydrogens is 260 g/mol. The Kier molecular flexibility index (Phi) is 2.98. The molecule has 0 radical (unpaired) electrons. The van der Waals surface area contributed by atoms with Gasteiger partial charge in [-0.2, -0.15) is 0 Å². The first kappa shape index (κ1) is 14.0. The first-order valence-electron chi connectivity index (χ1n) is 8.91. The fourth-order valence-corrected chi connectivity index (χ4v) is 6.79. The predicted molar refractivity (Wildman–Crippen MR) is 82.3 cm³/mol. The molecule has 0 aliphatic heterocycles. The van der Waals surface area contributed by atoms with E-state index in [9.17, 15) is 9.90 Å². The van der Waals surface area contributed by atoms with Crippen LogP contribution in [-0.2, 0) is 4.79 Å². The molecule has 0 aromatic rings. The highest BCUT2D eigenvalue weighted by Crippen LogP contribution is 2.68. The molecule has 0 amide bonds. The van der Waals surface area contributed by atoms with Gasteiger partial charge in [0.2, 0.25) is 0 Å². The van der Waals surface area contributed by atoms with E-state index in [2.05, 4.69) is 19.8 Å². The van der Waals surface area contributed by atoms with Crippen LogP contribution in [0.25, 0.3) is 0 Å². The van der Waals surface area contributed by atoms with Gasteiger partial charge < -0.3 is 5.11 Å². The third kappa shape index (κ3) is 1.72. The molecule has 0 aromatic carbocycles. The Bertz CT molecular complexity index is 506. The average Bonchev–Trinajstić information content (AvgIpc) is 2.45. The zero-order valence-corrected chi connectivity index (χ0v) is 13.4. The molecule has 0 saturated heterocycles. The van der Waals surface area contributed by atoms with Gasteiger partial charge in [0.05, 0.1) is 6.10 Å². The summed E-state index contributed by atoms with van der Waals surface area (Å²) in [7, 11) is 0. The summed E-state index contributed by atoms with van der Waals surface area (Å²) in [5.74, 6) is 5.35. The van der Waals surface area contributed by atoms with Crippen LogP contribution in [-0.4, -0.2) is 17.2 Å². The molecule has 4 rings (SSSR count). The molecule has 0 spiro atoms. The summed E-state index contributed by atoms with van der Waals surface area (Å²) in [6.45, 7) is 4.83. The van der Waals surface area contributed by atoms with Crippen molar-refractivity contribution in [2.75, 3.05) is 0 Å². The molecule has 4 saturated carbocycles. The number of fused-ring (bicyclic) bond motifs is 5. The van der Waals surface area contributed by atoms with Gasteiger partial charge in [0.1, 0.15) is 5.94 Å². The van der Waals surface area contributed by atoms with Crippen LogP contribution in [0, 0.1) is 34.5 Å². The molecule has 4 aliphatic rings. The average molecular weight is 288 g/mol. The molecule has 0 bridgehead atoms. The molecular formula is C19H28O2. The van der Waals surface area contributed by atoms with Gasteiger partial charge in [-0.25, -0.2) is 4.79 Å². The largest absolute Gasteiger partial charge is 0.393 e. The van der Waals surface area contributed by atoms with Gasteiger partial charge in [0.25, 0.3) is 0 Å². The normalized spacial score (nSPS) is 55.6. The Morgan fingerprint density at radius 2 is 1.90 bits per heavy atom. The first-order valence-corrected chi connectivity index (χ1v) is 8.91. The Morgan fingerprint density at radius 3 is 2.67 bits per heavy atom. The van der Waals surface area contributed by atoms with Crippen LogP contribution in [0.2, 0.25) is 0 Å². The van der Waals surface area contributed by atoms with Crippen molar-refractivity contribution in [3.8, 4) is 0 Å². The molecule has 1 N–H and O–H groups in total. The number of hydrogen-bond donors (Lipinski definition) is 1. The quantitative estimate of drug-likeness (QED) is 0.689. The van der Waals surface area contributed by atoms with Gasteiger partial charge in [0.15, 0.2) is 0 Å². The Morgan fingerprint density at radius 1 is 1.10 bits per heavy atom. The number of aliphatic hydroxyl groups is 1. The van der Waals surface area contributed by atoms with Crippen LogP contribution in [0.4, 0.5) is 0 Å². The van der Waals surface area contributed by atoms with Crippen molar-refractivity contribution in [1.29, 1.82) is 0 Å². The van der Waals surface area contributed by atoms with Crippen LogP contribution in [0.3, 0.4) is 0 Å². The van der Waals surface area contributed by atoms with Crippen LogP contribution in [0.5, 0.6) is 0 Å². The maximum absolute atomic E-state index is 11.1. The lowest BCUT2D eigenvalue weighted by Crippen LogP contribution is -2.58. The van der Waals surface area contributed by atoms with E-state index in [-0.39, 0.29) is 11.5 Å². The monoisotopic (exact) mass is 288 g/mol. The summed E-state index contributed by atoms with van der Waals surface area (Å²) in [5, 5.41) is 10.0. The number of hydrogen-bond acceptors (Lipinski definition) is 2. The number of aliphatic hydroxyl groups excluding tert-OH is 1. The zero-order chi connectivity index (χ0) is 14.8. The fourth-order valence-electron chi connectivity index (χ4n) is 6.79. The Hall–Kier alpha value is -0.590. The zero-order valence-electron chi connectivity index (χ0n) is 13.4. The standard InChI is InChI=1S/C19H28O2/c1-18-7-5-14(21)9-12(18)3-4-15-16(18)6-8-19(2)13(11-20)10-17(15)19/h12,14-17,21H,3-10H2,1-2H3/t12-,14+,15-,16+,17+,18+,19-/m1/s1. The molecule has 4 aliphatic carbocycles. The summed E-state index contributed by atoms with van der Waals surface area (Å²) in [6, 6.07) is 0. The third-order valence-electron chi connectivity index (χ3n) is 8.26. The van der Waals surface area contributed by atoms with E-state index in [1.807, 2.05) is 0 Å². The number of allylic oxidation sites excluding steroid dienone is 1. The Labute approximate surface area is 128 Å². The lowest BCUT2D eigenvalue weighted by atomic mass is 9.39. The summed E-state index contributed by atoms with van der Waals surface area (Å²) in [6.07, 6.45) is 9.29. The second kappa shape index (κ2) is 4.46. The minimum absolute atomic E-state index is 0.0539. The van der Waals surface area contributed by atoms with E-state index < -0.39 is 0 Å². The van der Waals surface area contributed by atoms with Gasteiger partial charge in [-0.05, 0) is 80.5 Å². The van der Waals surface area contributed by atoms with E-state index >= 15 is 0 Å². The Balaban J connectivity index is 1.62. The van der Waals surface area contributed by atoms with Crippen LogP contribution < -0.4 is 0 Å². The molecule has 7 atom stereocenters. The van der Waals surface area contributed by atoms with Crippen molar-refractivity contribution in [2.24, 2.45) is 34.5 Å². The maximum Gasteiger partial charge on any atom is 0.124 e. The summed E-state index contributed by atoms with van der Waals surface area (Å²) in [4.78, 5) is 11.1. The summed E-state index contributed by atoms with van der Waals surface area (Å²) in [5.41, 5.74) is 1.70. The van der Waals surface area contributed by atoms with E-state index in [1.54, 1.807) is 0 Å². The highest BCUT2D eigenvalue weighted by atomic mass is 16.3. The molecule has 2 heteroatoms. The first-order chi connectivity index (χ1) is 9.99. The summed E-state index contributed by atoms with van der Waals surface area (Å²) >= 11 is 0. The SMILES string of the molecule is C[C@]12CC[C@H](O)C[C@H]1CC[C@@H]1[C@@H]2CC[C@]2(C)C(=C=O)C[C@@H]12. The predicted octanol–water partition coefficient (Wildman–Crippen LogP) is 3.76. The van der Waals surface area contributed by atoms with Crippen LogP contribution in [0.15, 0.2) is 5.57 Å². The second-order valence-electron chi connectivity index (χ2n) is 8.83. The molecule has 0 aromatic heterocycles. The van der Waals surface area contributed by atoms with Crippen LogP contribution >= 0.6 is 0 Å². The lowest BCUT2D eigenvalue weighted by Gasteiger charge is -2.65. The molecule has 2 nitrogen and oxygen atoms in total. The topological polar surface area (TPSA) is 37.3 Å². The van der Waals surface area contributed by atoms with Crippen molar-refractivity contribution < 1.29 is 9.90 Å². The second-order valence-corrected chi connectivity index (χ2v) is 8.83. The minimum Gasteiger partial charge on any atom is -0.393 e. The van der Waals surface area contributed by atoms with Crippen molar-refractivity contribution in [2.45, 2.75) is 71.3 Å². The maximum atomic E-state index is 11.1. The molecule has 116 valence electrons. The molecule has 21 heavy (non-hydrogen) atoms. The number of carbonyl (C=O) groups excluding carboxylic acids is 1.